The molecule has 0 aliphatic heterocycles. The first-order valence-electron chi connectivity index (χ1n) is 6.30. The Balaban J connectivity index is 3.23. The van der Waals surface area contributed by atoms with Crippen LogP contribution in [0.15, 0.2) is 40.9 Å². The van der Waals surface area contributed by atoms with E-state index in [4.69, 9.17) is 0 Å². The van der Waals surface area contributed by atoms with E-state index in [0.29, 0.717) is 4.46 Å². The molecule has 0 fully saturated rings. The van der Waals surface area contributed by atoms with E-state index in [9.17, 15) is 26.7 Å². The zero-order valence-corrected chi connectivity index (χ0v) is 13.9. The topological polar surface area (TPSA) is 17.1 Å². The Morgan fingerprint density at radius 2 is 1.50 bits per heavy atom. The van der Waals surface area contributed by atoms with Crippen LogP contribution in [0.1, 0.15) is 20.8 Å². The van der Waals surface area contributed by atoms with Gasteiger partial charge in [-0.2, -0.15) is 0 Å². The molecule has 1 nitrogen and oxygen atoms in total. The Morgan fingerprint density at radius 3 is 1.91 bits per heavy atom. The molecule has 0 aliphatic carbocycles. The molecule has 0 amide bonds. The molecular formula is C15H15F5OSe. The number of rotatable bonds is 4. The maximum absolute atomic E-state index is 13.3. The van der Waals surface area contributed by atoms with Crippen molar-refractivity contribution in [3.05, 3.63) is 40.9 Å². The summed E-state index contributed by atoms with van der Waals surface area (Å²) in [6.07, 6.45) is -4.70. The van der Waals surface area contributed by atoms with Crippen LogP contribution in [0.2, 0.25) is 0 Å². The van der Waals surface area contributed by atoms with Crippen LogP contribution in [0.5, 0.6) is 0 Å². The normalized spacial score (nSPS) is 14.1. The molecule has 0 unspecified atom stereocenters. The van der Waals surface area contributed by atoms with Gasteiger partial charge in [0.15, 0.2) is 0 Å². The van der Waals surface area contributed by atoms with Crippen molar-refractivity contribution in [1.29, 1.82) is 0 Å². The maximum atomic E-state index is 13.3. The number of benzene rings is 1. The third-order valence-corrected chi connectivity index (χ3v) is 4.56. The van der Waals surface area contributed by atoms with Crippen LogP contribution < -0.4 is 4.46 Å². The van der Waals surface area contributed by atoms with Crippen molar-refractivity contribution in [2.75, 3.05) is 0 Å². The minimum absolute atomic E-state index is 0.478. The molecule has 1 aromatic carbocycles. The molecule has 0 saturated heterocycles. The number of carbonyl (C=O) groups excluding carboxylic acids is 1. The summed E-state index contributed by atoms with van der Waals surface area (Å²) in [5, 5.41) is 0. The van der Waals surface area contributed by atoms with Gasteiger partial charge >= 0.3 is 131 Å². The van der Waals surface area contributed by atoms with Gasteiger partial charge in [-0.1, -0.05) is 0 Å². The van der Waals surface area contributed by atoms with Crippen LogP contribution in [-0.4, -0.2) is 32.8 Å². The molecule has 1 aromatic rings. The zero-order valence-electron chi connectivity index (χ0n) is 12.2. The molecule has 0 spiro atoms. The van der Waals surface area contributed by atoms with Crippen LogP contribution in [0.4, 0.5) is 22.0 Å². The first-order valence-corrected chi connectivity index (χ1v) is 8.01. The van der Waals surface area contributed by atoms with E-state index in [1.807, 2.05) is 0 Å². The average molecular weight is 385 g/mol. The van der Waals surface area contributed by atoms with Crippen molar-refractivity contribution in [3.63, 3.8) is 0 Å². The number of Topliss-reactive ketones (excluding diaryl/α,β-unsaturated/α-hetero) is 1. The molecule has 0 N–H and O–H groups in total. The van der Waals surface area contributed by atoms with E-state index in [1.54, 1.807) is 51.1 Å². The van der Waals surface area contributed by atoms with Gasteiger partial charge in [0.25, 0.3) is 0 Å². The summed E-state index contributed by atoms with van der Waals surface area (Å²) < 4.78 is 64.0. The van der Waals surface area contributed by atoms with Gasteiger partial charge in [-0.15, -0.1) is 0 Å². The van der Waals surface area contributed by atoms with Crippen molar-refractivity contribution in [2.24, 2.45) is 5.41 Å². The van der Waals surface area contributed by atoms with Gasteiger partial charge in [-0.05, 0) is 0 Å². The van der Waals surface area contributed by atoms with Crippen molar-refractivity contribution < 1.29 is 26.7 Å². The quantitative estimate of drug-likeness (QED) is 0.439. The van der Waals surface area contributed by atoms with Gasteiger partial charge in [-0.25, -0.2) is 0 Å². The summed E-state index contributed by atoms with van der Waals surface area (Å²) in [6, 6.07) is 8.15. The number of hydrogen-bond acceptors (Lipinski definition) is 1. The monoisotopic (exact) mass is 386 g/mol. The molecule has 22 heavy (non-hydrogen) atoms. The average Bonchev–Trinajstić information content (AvgIpc) is 2.35. The van der Waals surface area contributed by atoms with Gasteiger partial charge in [0, 0.05) is 0 Å². The molecule has 0 aromatic heterocycles. The number of allylic oxidation sites excluding steroid dienone is 2. The van der Waals surface area contributed by atoms with Gasteiger partial charge in [0.05, 0.1) is 0 Å². The molecule has 7 heteroatoms. The van der Waals surface area contributed by atoms with Gasteiger partial charge in [0.1, 0.15) is 0 Å². The summed E-state index contributed by atoms with van der Waals surface area (Å²) in [6.45, 7) is 4.90. The third kappa shape index (κ3) is 4.92. The third-order valence-electron chi connectivity index (χ3n) is 2.40. The number of hydrogen-bond donors (Lipinski definition) is 0. The second kappa shape index (κ2) is 6.50. The molecule has 0 aliphatic rings. The first-order chi connectivity index (χ1) is 9.84. The van der Waals surface area contributed by atoms with E-state index in [1.165, 1.54) is 6.08 Å². The van der Waals surface area contributed by atoms with Crippen LogP contribution >= 0.6 is 0 Å². The van der Waals surface area contributed by atoms with E-state index >= 15 is 0 Å². The van der Waals surface area contributed by atoms with Gasteiger partial charge in [-0.3, -0.25) is 0 Å². The van der Waals surface area contributed by atoms with E-state index < -0.39 is 42.7 Å². The number of halogens is 5. The summed E-state index contributed by atoms with van der Waals surface area (Å²) >= 11 is -0.930. The van der Waals surface area contributed by atoms with E-state index in [2.05, 4.69) is 0 Å². The fraction of sp³-hybridized carbons (Fsp3) is 0.400. The predicted octanol–water partition coefficient (Wildman–Crippen LogP) is 3.71. The number of carbonyl (C=O) groups is 1. The van der Waals surface area contributed by atoms with E-state index in [0.717, 1.165) is 0 Å². The van der Waals surface area contributed by atoms with Crippen LogP contribution in [0.3, 0.4) is 0 Å². The summed E-state index contributed by atoms with van der Waals surface area (Å²) in [5.41, 5.74) is -0.691. The van der Waals surface area contributed by atoms with Crippen LogP contribution in [0, 0.1) is 5.41 Å². The fourth-order valence-electron chi connectivity index (χ4n) is 1.43. The molecule has 1 rings (SSSR count). The molecule has 0 saturated carbocycles. The summed E-state index contributed by atoms with van der Waals surface area (Å²) in [4.78, 5) is 11.8. The fourth-order valence-corrected chi connectivity index (χ4v) is 3.91. The van der Waals surface area contributed by atoms with Gasteiger partial charge < -0.3 is 0 Å². The van der Waals surface area contributed by atoms with Crippen LogP contribution in [0.25, 0.3) is 0 Å². The SMILES string of the molecule is CC(C)(C)/C=C(\[Se]c1ccccc1)C(=O)C(F)(F)C(F)(F)F. The summed E-state index contributed by atoms with van der Waals surface area (Å²) in [5.74, 6) is -7.54. The second-order valence-corrected chi connectivity index (χ2v) is 8.03. The van der Waals surface area contributed by atoms with Crippen molar-refractivity contribution >= 4 is 25.2 Å². The number of ketones is 1. The Morgan fingerprint density at radius 1 is 1.00 bits per heavy atom. The van der Waals surface area contributed by atoms with Crippen molar-refractivity contribution in [3.8, 4) is 0 Å². The molecule has 0 bridgehead atoms. The molecule has 0 heterocycles. The standard InChI is InChI=1S/C15H15F5OSe/c1-13(2,3)9-11(22-10-7-5-4-6-8-10)12(21)14(16,17)15(18,19)20/h4-9H,1-3H3/b11-9-. The van der Waals surface area contributed by atoms with Crippen LogP contribution in [-0.2, 0) is 4.79 Å². The van der Waals surface area contributed by atoms with Crippen molar-refractivity contribution in [2.45, 2.75) is 32.9 Å². The Labute approximate surface area is 131 Å². The molecular weight excluding hydrogens is 370 g/mol. The summed E-state index contributed by atoms with van der Waals surface area (Å²) in [7, 11) is 0. The molecule has 122 valence electrons. The minimum atomic E-state index is -5.90. The molecule has 0 radical (unpaired) electrons. The predicted molar refractivity (Wildman–Crippen MR) is 75.4 cm³/mol. The Hall–Kier alpha value is -1.20. The zero-order chi connectivity index (χ0) is 17.2. The van der Waals surface area contributed by atoms with Gasteiger partial charge in [0.2, 0.25) is 0 Å². The molecule has 0 atom stereocenters. The van der Waals surface area contributed by atoms with Crippen molar-refractivity contribution in [1.82, 2.24) is 0 Å². The second-order valence-electron chi connectivity index (χ2n) is 5.69. The Kier molecular flexibility index (Phi) is 5.57. The van der Waals surface area contributed by atoms with E-state index in [-0.39, 0.29) is 0 Å². The first kappa shape index (κ1) is 18.8. The number of alkyl halides is 5. The Bertz CT molecular complexity index is 556.